The van der Waals surface area contributed by atoms with E-state index < -0.39 is 0 Å². The highest BCUT2D eigenvalue weighted by Crippen LogP contribution is 2.30. The van der Waals surface area contributed by atoms with Crippen LogP contribution in [0.2, 0.25) is 0 Å². The molecular formula is C14H22N2. The van der Waals surface area contributed by atoms with Crippen molar-refractivity contribution in [3.05, 3.63) is 35.9 Å². The largest absolute Gasteiger partial charge is 0.316 e. The standard InChI is InChI=1S/C14H22N2/c1-16(2)14(12-7-4-3-5-8-12)13-9-6-10-15-11-13/h3-5,7-8,13-15H,6,9-11H2,1-2H3. The van der Waals surface area contributed by atoms with Crippen LogP contribution in [0.5, 0.6) is 0 Å². The molecule has 1 N–H and O–H groups in total. The van der Waals surface area contributed by atoms with Gasteiger partial charge in [0.25, 0.3) is 0 Å². The Morgan fingerprint density at radius 1 is 1.25 bits per heavy atom. The van der Waals surface area contributed by atoms with Crippen molar-refractivity contribution in [3.8, 4) is 0 Å². The summed E-state index contributed by atoms with van der Waals surface area (Å²) < 4.78 is 0. The summed E-state index contributed by atoms with van der Waals surface area (Å²) in [6.45, 7) is 2.34. The molecule has 16 heavy (non-hydrogen) atoms. The zero-order chi connectivity index (χ0) is 11.4. The molecule has 1 heterocycles. The van der Waals surface area contributed by atoms with Crippen molar-refractivity contribution in [1.29, 1.82) is 0 Å². The van der Waals surface area contributed by atoms with Gasteiger partial charge in [-0.3, -0.25) is 0 Å². The summed E-state index contributed by atoms with van der Waals surface area (Å²) >= 11 is 0. The first kappa shape index (κ1) is 11.6. The maximum absolute atomic E-state index is 3.51. The summed E-state index contributed by atoms with van der Waals surface area (Å²) in [6, 6.07) is 11.4. The first-order chi connectivity index (χ1) is 7.79. The van der Waals surface area contributed by atoms with Gasteiger partial charge < -0.3 is 10.2 Å². The molecule has 1 aliphatic heterocycles. The van der Waals surface area contributed by atoms with Crippen molar-refractivity contribution < 1.29 is 0 Å². The quantitative estimate of drug-likeness (QED) is 0.837. The number of nitrogens with zero attached hydrogens (tertiary/aromatic N) is 1. The lowest BCUT2D eigenvalue weighted by molar-refractivity contribution is 0.181. The predicted octanol–water partition coefficient (Wildman–Crippen LogP) is 2.29. The molecule has 0 radical (unpaired) electrons. The van der Waals surface area contributed by atoms with Gasteiger partial charge in [0.2, 0.25) is 0 Å². The van der Waals surface area contributed by atoms with Gasteiger partial charge in [0.05, 0.1) is 0 Å². The Morgan fingerprint density at radius 3 is 2.56 bits per heavy atom. The Morgan fingerprint density at radius 2 is 2.00 bits per heavy atom. The van der Waals surface area contributed by atoms with Gasteiger partial charge in [0, 0.05) is 6.04 Å². The Labute approximate surface area is 98.7 Å². The van der Waals surface area contributed by atoms with Gasteiger partial charge in [0.15, 0.2) is 0 Å². The molecule has 2 rings (SSSR count). The monoisotopic (exact) mass is 218 g/mol. The van der Waals surface area contributed by atoms with Crippen LogP contribution in [0.4, 0.5) is 0 Å². The zero-order valence-electron chi connectivity index (χ0n) is 10.3. The van der Waals surface area contributed by atoms with E-state index in [9.17, 15) is 0 Å². The fourth-order valence-electron chi connectivity index (χ4n) is 2.79. The van der Waals surface area contributed by atoms with Crippen LogP contribution in [0.3, 0.4) is 0 Å². The second-order valence-electron chi connectivity index (χ2n) is 4.93. The van der Waals surface area contributed by atoms with Crippen LogP contribution in [0.25, 0.3) is 0 Å². The number of hydrogen-bond donors (Lipinski definition) is 1. The molecule has 1 aromatic rings. The number of hydrogen-bond acceptors (Lipinski definition) is 2. The van der Waals surface area contributed by atoms with E-state index >= 15 is 0 Å². The Balaban J connectivity index is 2.16. The fourth-order valence-corrected chi connectivity index (χ4v) is 2.79. The lowest BCUT2D eigenvalue weighted by atomic mass is 9.86. The molecule has 0 saturated carbocycles. The lowest BCUT2D eigenvalue weighted by Gasteiger charge is -2.35. The Hall–Kier alpha value is -0.860. The molecule has 2 nitrogen and oxygen atoms in total. The van der Waals surface area contributed by atoms with Crippen LogP contribution in [-0.4, -0.2) is 32.1 Å². The number of nitrogens with one attached hydrogen (secondary N) is 1. The number of rotatable bonds is 3. The van der Waals surface area contributed by atoms with Crippen LogP contribution in [-0.2, 0) is 0 Å². The molecule has 1 aromatic carbocycles. The van der Waals surface area contributed by atoms with E-state index in [4.69, 9.17) is 0 Å². The van der Waals surface area contributed by atoms with E-state index in [1.54, 1.807) is 0 Å². The van der Waals surface area contributed by atoms with Crippen molar-refractivity contribution in [2.24, 2.45) is 5.92 Å². The lowest BCUT2D eigenvalue weighted by Crippen LogP contribution is -2.38. The number of piperidine rings is 1. The first-order valence-corrected chi connectivity index (χ1v) is 6.21. The van der Waals surface area contributed by atoms with E-state index in [-0.39, 0.29) is 0 Å². The van der Waals surface area contributed by atoms with Crippen LogP contribution in [0.15, 0.2) is 30.3 Å². The normalized spacial score (nSPS) is 23.3. The highest BCUT2D eigenvalue weighted by Gasteiger charge is 2.26. The highest BCUT2D eigenvalue weighted by molar-refractivity contribution is 5.20. The third-order valence-corrected chi connectivity index (χ3v) is 3.48. The van der Waals surface area contributed by atoms with Crippen molar-refractivity contribution in [2.45, 2.75) is 18.9 Å². The maximum atomic E-state index is 3.51. The highest BCUT2D eigenvalue weighted by atomic mass is 15.1. The summed E-state index contributed by atoms with van der Waals surface area (Å²) in [5.74, 6) is 0.742. The van der Waals surface area contributed by atoms with E-state index in [0.29, 0.717) is 6.04 Å². The Kier molecular flexibility index (Phi) is 3.97. The molecular weight excluding hydrogens is 196 g/mol. The zero-order valence-corrected chi connectivity index (χ0v) is 10.3. The topological polar surface area (TPSA) is 15.3 Å². The predicted molar refractivity (Wildman–Crippen MR) is 68.5 cm³/mol. The van der Waals surface area contributed by atoms with Gasteiger partial charge in [-0.1, -0.05) is 30.3 Å². The van der Waals surface area contributed by atoms with Crippen LogP contribution in [0.1, 0.15) is 24.4 Å². The molecule has 0 spiro atoms. The number of benzene rings is 1. The van der Waals surface area contributed by atoms with Gasteiger partial charge >= 0.3 is 0 Å². The minimum atomic E-state index is 0.550. The average molecular weight is 218 g/mol. The summed E-state index contributed by atoms with van der Waals surface area (Å²) in [5.41, 5.74) is 1.45. The van der Waals surface area contributed by atoms with E-state index in [1.807, 2.05) is 0 Å². The third kappa shape index (κ3) is 2.63. The average Bonchev–Trinajstić information content (AvgIpc) is 2.31. The minimum Gasteiger partial charge on any atom is -0.316 e. The van der Waals surface area contributed by atoms with E-state index in [2.05, 4.69) is 54.6 Å². The van der Waals surface area contributed by atoms with Crippen molar-refractivity contribution in [3.63, 3.8) is 0 Å². The molecule has 1 aliphatic rings. The molecule has 1 saturated heterocycles. The van der Waals surface area contributed by atoms with Gasteiger partial charge in [-0.25, -0.2) is 0 Å². The SMILES string of the molecule is CN(C)C(c1ccccc1)C1CCCNC1. The second-order valence-corrected chi connectivity index (χ2v) is 4.93. The molecule has 2 unspecified atom stereocenters. The molecule has 0 aromatic heterocycles. The fraction of sp³-hybridized carbons (Fsp3) is 0.571. The first-order valence-electron chi connectivity index (χ1n) is 6.21. The molecule has 2 heteroatoms. The van der Waals surface area contributed by atoms with Crippen LogP contribution < -0.4 is 5.32 Å². The van der Waals surface area contributed by atoms with Crippen LogP contribution in [0, 0.1) is 5.92 Å². The van der Waals surface area contributed by atoms with Crippen molar-refractivity contribution in [1.82, 2.24) is 10.2 Å². The van der Waals surface area contributed by atoms with E-state index in [0.717, 1.165) is 12.5 Å². The van der Waals surface area contributed by atoms with E-state index in [1.165, 1.54) is 24.9 Å². The van der Waals surface area contributed by atoms with Crippen LogP contribution >= 0.6 is 0 Å². The van der Waals surface area contributed by atoms with Gasteiger partial charge in [-0.05, 0) is 51.5 Å². The molecule has 0 amide bonds. The van der Waals surface area contributed by atoms with Gasteiger partial charge in [-0.15, -0.1) is 0 Å². The van der Waals surface area contributed by atoms with Crippen molar-refractivity contribution >= 4 is 0 Å². The molecule has 2 atom stereocenters. The molecule has 0 aliphatic carbocycles. The third-order valence-electron chi connectivity index (χ3n) is 3.48. The summed E-state index contributed by atoms with van der Waals surface area (Å²) in [6.07, 6.45) is 2.65. The smallest absolute Gasteiger partial charge is 0.0382 e. The van der Waals surface area contributed by atoms with Gasteiger partial charge in [-0.2, -0.15) is 0 Å². The molecule has 0 bridgehead atoms. The van der Waals surface area contributed by atoms with Crippen molar-refractivity contribution in [2.75, 3.05) is 27.2 Å². The summed E-state index contributed by atoms with van der Waals surface area (Å²) in [5, 5.41) is 3.51. The molecule has 1 fully saturated rings. The summed E-state index contributed by atoms with van der Waals surface area (Å²) in [4.78, 5) is 2.35. The maximum Gasteiger partial charge on any atom is 0.0382 e. The van der Waals surface area contributed by atoms with Gasteiger partial charge in [0.1, 0.15) is 0 Å². The second kappa shape index (κ2) is 5.46. The summed E-state index contributed by atoms with van der Waals surface area (Å²) in [7, 11) is 4.37. The minimum absolute atomic E-state index is 0.550. The molecule has 88 valence electrons. The Bertz CT molecular complexity index is 302.